The van der Waals surface area contributed by atoms with Crippen LogP contribution in [0.1, 0.15) is 25.3 Å². The van der Waals surface area contributed by atoms with Crippen LogP contribution in [0.15, 0.2) is 48.5 Å². The van der Waals surface area contributed by atoms with Gasteiger partial charge in [0.1, 0.15) is 11.6 Å². The summed E-state index contributed by atoms with van der Waals surface area (Å²) in [7, 11) is 0. The standard InChI is InChI=1S/C19H21ClFNO2/c1-2-17(24-18-8-4-3-7-16(18)20)19(23)22-13-5-6-14-9-11-15(21)12-10-14/h3-4,7-12,17H,2,5-6,13H2,1H3,(H,22,23). The number of para-hydroxylation sites is 1. The molecule has 0 spiro atoms. The van der Waals surface area contributed by atoms with E-state index in [4.69, 9.17) is 16.3 Å². The molecule has 0 fully saturated rings. The molecule has 0 saturated carbocycles. The number of hydrogen-bond acceptors (Lipinski definition) is 2. The molecule has 1 unspecified atom stereocenters. The van der Waals surface area contributed by atoms with Crippen LogP contribution in [0.3, 0.4) is 0 Å². The summed E-state index contributed by atoms with van der Waals surface area (Å²) in [5.41, 5.74) is 1.05. The zero-order chi connectivity index (χ0) is 17.4. The number of carbonyl (C=O) groups is 1. The van der Waals surface area contributed by atoms with Gasteiger partial charge in [0, 0.05) is 6.54 Å². The van der Waals surface area contributed by atoms with Gasteiger partial charge in [-0.1, -0.05) is 42.8 Å². The predicted molar refractivity (Wildman–Crippen MR) is 93.9 cm³/mol. The maximum Gasteiger partial charge on any atom is 0.261 e. The number of hydrogen-bond donors (Lipinski definition) is 1. The lowest BCUT2D eigenvalue weighted by molar-refractivity contribution is -0.128. The van der Waals surface area contributed by atoms with Crippen molar-refractivity contribution in [1.82, 2.24) is 5.32 Å². The molecule has 2 rings (SSSR count). The Bertz CT molecular complexity index is 661. The van der Waals surface area contributed by atoms with Gasteiger partial charge in [-0.25, -0.2) is 4.39 Å². The van der Waals surface area contributed by atoms with Gasteiger partial charge in [0.05, 0.1) is 5.02 Å². The van der Waals surface area contributed by atoms with E-state index in [-0.39, 0.29) is 11.7 Å². The maximum atomic E-state index is 12.8. The van der Waals surface area contributed by atoms with Crippen molar-refractivity contribution in [3.8, 4) is 5.75 Å². The van der Waals surface area contributed by atoms with Crippen molar-refractivity contribution < 1.29 is 13.9 Å². The molecular formula is C19H21ClFNO2. The first-order valence-corrected chi connectivity index (χ1v) is 8.41. The lowest BCUT2D eigenvalue weighted by Crippen LogP contribution is -2.38. The first-order chi connectivity index (χ1) is 11.6. The van der Waals surface area contributed by atoms with Gasteiger partial charge in [0.15, 0.2) is 6.10 Å². The zero-order valence-electron chi connectivity index (χ0n) is 13.6. The first kappa shape index (κ1) is 18.3. The number of halogens is 2. The Balaban J connectivity index is 1.77. The van der Waals surface area contributed by atoms with Gasteiger partial charge in [-0.05, 0) is 49.1 Å². The van der Waals surface area contributed by atoms with Gasteiger partial charge in [0.25, 0.3) is 5.91 Å². The third-order valence-electron chi connectivity index (χ3n) is 3.62. The van der Waals surface area contributed by atoms with Crippen molar-refractivity contribution in [3.05, 3.63) is 64.9 Å². The molecule has 5 heteroatoms. The Labute approximate surface area is 146 Å². The number of amides is 1. The van der Waals surface area contributed by atoms with Crippen LogP contribution in [0.5, 0.6) is 5.75 Å². The van der Waals surface area contributed by atoms with E-state index in [1.165, 1.54) is 12.1 Å². The molecule has 3 nitrogen and oxygen atoms in total. The Morgan fingerprint density at radius 1 is 1.21 bits per heavy atom. The van der Waals surface area contributed by atoms with Gasteiger partial charge in [-0.2, -0.15) is 0 Å². The van der Waals surface area contributed by atoms with Gasteiger partial charge in [0.2, 0.25) is 0 Å². The van der Waals surface area contributed by atoms with E-state index in [9.17, 15) is 9.18 Å². The number of rotatable bonds is 8. The summed E-state index contributed by atoms with van der Waals surface area (Å²) >= 11 is 6.05. The van der Waals surface area contributed by atoms with Crippen LogP contribution in [0.2, 0.25) is 5.02 Å². The highest BCUT2D eigenvalue weighted by Gasteiger charge is 2.18. The molecule has 0 aliphatic carbocycles. The van der Waals surface area contributed by atoms with Gasteiger partial charge < -0.3 is 10.1 Å². The summed E-state index contributed by atoms with van der Waals surface area (Å²) in [5, 5.41) is 3.36. The summed E-state index contributed by atoms with van der Waals surface area (Å²) < 4.78 is 18.5. The quantitative estimate of drug-likeness (QED) is 0.718. The summed E-state index contributed by atoms with van der Waals surface area (Å²) in [6, 6.07) is 13.5. The second-order valence-electron chi connectivity index (χ2n) is 5.47. The van der Waals surface area contributed by atoms with Crippen LogP contribution in [-0.2, 0) is 11.2 Å². The second-order valence-corrected chi connectivity index (χ2v) is 5.87. The highest BCUT2D eigenvalue weighted by Crippen LogP contribution is 2.24. The Morgan fingerprint density at radius 3 is 2.58 bits per heavy atom. The van der Waals surface area contributed by atoms with Crippen LogP contribution < -0.4 is 10.1 Å². The summed E-state index contributed by atoms with van der Waals surface area (Å²) in [5.74, 6) is 0.110. The Morgan fingerprint density at radius 2 is 1.92 bits per heavy atom. The van der Waals surface area contributed by atoms with Crippen molar-refractivity contribution in [2.24, 2.45) is 0 Å². The highest BCUT2D eigenvalue weighted by molar-refractivity contribution is 6.32. The second kappa shape index (κ2) is 9.28. The molecular weight excluding hydrogens is 329 g/mol. The molecule has 1 N–H and O–H groups in total. The Kier molecular flexibility index (Phi) is 7.07. The van der Waals surface area contributed by atoms with E-state index in [1.807, 2.05) is 19.1 Å². The smallest absolute Gasteiger partial charge is 0.261 e. The maximum absolute atomic E-state index is 12.8. The van der Waals surface area contributed by atoms with Crippen LogP contribution >= 0.6 is 11.6 Å². The van der Waals surface area contributed by atoms with Crippen LogP contribution in [0.25, 0.3) is 0 Å². The molecule has 1 atom stereocenters. The summed E-state index contributed by atoms with van der Waals surface area (Å²) in [6.07, 6.45) is 1.54. The van der Waals surface area contributed by atoms with Crippen molar-refractivity contribution in [2.75, 3.05) is 6.54 Å². The molecule has 0 aromatic heterocycles. The fourth-order valence-corrected chi connectivity index (χ4v) is 2.47. The van der Waals surface area contributed by atoms with Gasteiger partial charge in [-0.15, -0.1) is 0 Å². The summed E-state index contributed by atoms with van der Waals surface area (Å²) in [4.78, 5) is 12.2. The van der Waals surface area contributed by atoms with E-state index in [2.05, 4.69) is 5.32 Å². The van der Waals surface area contributed by atoms with Gasteiger partial charge in [-0.3, -0.25) is 4.79 Å². The SMILES string of the molecule is CCC(Oc1ccccc1Cl)C(=O)NCCCc1ccc(F)cc1. The minimum atomic E-state index is -0.573. The normalized spacial score (nSPS) is 11.8. The molecule has 0 bridgehead atoms. The van der Waals surface area contributed by atoms with E-state index in [1.54, 1.807) is 24.3 Å². The van der Waals surface area contributed by atoms with Crippen LogP contribution in [0.4, 0.5) is 4.39 Å². The third kappa shape index (κ3) is 5.53. The van der Waals surface area contributed by atoms with Crippen molar-refractivity contribution in [2.45, 2.75) is 32.3 Å². The Hall–Kier alpha value is -2.07. The number of carbonyl (C=O) groups excluding carboxylic acids is 1. The van der Waals surface area contributed by atoms with E-state index in [0.717, 1.165) is 18.4 Å². The van der Waals surface area contributed by atoms with E-state index in [0.29, 0.717) is 23.7 Å². The number of aryl methyl sites for hydroxylation is 1. The minimum Gasteiger partial charge on any atom is -0.479 e. The average molecular weight is 350 g/mol. The molecule has 2 aromatic carbocycles. The molecule has 0 aliphatic heterocycles. The molecule has 0 radical (unpaired) electrons. The average Bonchev–Trinajstić information content (AvgIpc) is 2.59. The lowest BCUT2D eigenvalue weighted by atomic mass is 10.1. The topological polar surface area (TPSA) is 38.3 Å². The summed E-state index contributed by atoms with van der Waals surface area (Å²) in [6.45, 7) is 2.43. The third-order valence-corrected chi connectivity index (χ3v) is 3.94. The van der Waals surface area contributed by atoms with Crippen molar-refractivity contribution in [3.63, 3.8) is 0 Å². The molecule has 0 heterocycles. The fourth-order valence-electron chi connectivity index (χ4n) is 2.28. The highest BCUT2D eigenvalue weighted by atomic mass is 35.5. The fraction of sp³-hybridized carbons (Fsp3) is 0.316. The first-order valence-electron chi connectivity index (χ1n) is 8.03. The molecule has 24 heavy (non-hydrogen) atoms. The molecule has 1 amide bonds. The van der Waals surface area contributed by atoms with Crippen molar-refractivity contribution >= 4 is 17.5 Å². The largest absolute Gasteiger partial charge is 0.479 e. The molecule has 2 aromatic rings. The lowest BCUT2D eigenvalue weighted by Gasteiger charge is -2.18. The van der Waals surface area contributed by atoms with E-state index >= 15 is 0 Å². The van der Waals surface area contributed by atoms with Gasteiger partial charge >= 0.3 is 0 Å². The number of nitrogens with one attached hydrogen (secondary N) is 1. The number of benzene rings is 2. The molecule has 0 saturated heterocycles. The van der Waals surface area contributed by atoms with Crippen LogP contribution in [0, 0.1) is 5.82 Å². The van der Waals surface area contributed by atoms with Crippen LogP contribution in [-0.4, -0.2) is 18.6 Å². The monoisotopic (exact) mass is 349 g/mol. The molecule has 0 aliphatic rings. The molecule has 128 valence electrons. The predicted octanol–water partition coefficient (Wildman–Crippen LogP) is 4.39. The number of ether oxygens (including phenoxy) is 1. The zero-order valence-corrected chi connectivity index (χ0v) is 14.4. The van der Waals surface area contributed by atoms with E-state index < -0.39 is 6.10 Å². The van der Waals surface area contributed by atoms with Crippen molar-refractivity contribution in [1.29, 1.82) is 0 Å². The minimum absolute atomic E-state index is 0.156.